The van der Waals surface area contributed by atoms with E-state index in [0.717, 1.165) is 23.6 Å². The molecule has 3 aromatic carbocycles. The third-order valence-corrected chi connectivity index (χ3v) is 4.73. The molecule has 0 fully saturated rings. The Balaban J connectivity index is 1.40. The van der Waals surface area contributed by atoms with E-state index in [1.807, 2.05) is 72.8 Å². The molecule has 1 amide bonds. The molecule has 3 aromatic rings. The molecule has 6 nitrogen and oxygen atoms in total. The zero-order valence-corrected chi connectivity index (χ0v) is 19.3. The lowest BCUT2D eigenvalue weighted by Gasteiger charge is -2.12. The molecule has 0 saturated carbocycles. The van der Waals surface area contributed by atoms with E-state index in [-0.39, 0.29) is 12.5 Å². The van der Waals surface area contributed by atoms with Crippen LogP contribution in [0.5, 0.6) is 17.2 Å². The Morgan fingerprint density at radius 2 is 1.30 bits per heavy atom. The van der Waals surface area contributed by atoms with Crippen LogP contribution < -0.4 is 24.8 Å². The van der Waals surface area contributed by atoms with E-state index < -0.39 is 0 Å². The highest BCUT2D eigenvalue weighted by atomic mass is 16.5. The molecule has 0 aliphatic heterocycles. The summed E-state index contributed by atoms with van der Waals surface area (Å²) in [6.07, 6.45) is 1.00. The number of amides is 1. The van der Waals surface area contributed by atoms with Gasteiger partial charge < -0.3 is 24.8 Å². The third kappa shape index (κ3) is 9.15. The second-order valence-corrected chi connectivity index (χ2v) is 8.00. The fourth-order valence-electron chi connectivity index (χ4n) is 3.00. The van der Waals surface area contributed by atoms with Crippen LogP contribution in [0.3, 0.4) is 0 Å². The molecule has 0 aliphatic rings. The summed E-state index contributed by atoms with van der Waals surface area (Å²) >= 11 is 0. The highest BCUT2D eigenvalue weighted by molar-refractivity contribution is 5.93. The minimum Gasteiger partial charge on any atom is -0.494 e. The topological polar surface area (TPSA) is 68.8 Å². The summed E-state index contributed by atoms with van der Waals surface area (Å²) in [5.41, 5.74) is 1.51. The van der Waals surface area contributed by atoms with Crippen LogP contribution in [0.15, 0.2) is 78.9 Å². The van der Waals surface area contributed by atoms with E-state index in [4.69, 9.17) is 14.2 Å². The maximum absolute atomic E-state index is 12.4. The minimum absolute atomic E-state index is 0.144. The van der Waals surface area contributed by atoms with Gasteiger partial charge >= 0.3 is 0 Å². The molecule has 0 radical (unpaired) electrons. The largest absolute Gasteiger partial charge is 0.494 e. The molecule has 0 atom stereocenters. The summed E-state index contributed by atoms with van der Waals surface area (Å²) in [6, 6.07) is 24.6. The Labute approximate surface area is 195 Å². The lowest BCUT2D eigenvalue weighted by atomic mass is 10.1. The van der Waals surface area contributed by atoms with E-state index in [0.29, 0.717) is 37.2 Å². The van der Waals surface area contributed by atoms with E-state index >= 15 is 0 Å². The summed E-state index contributed by atoms with van der Waals surface area (Å²) < 4.78 is 17.1. The van der Waals surface area contributed by atoms with Crippen LogP contribution in [-0.4, -0.2) is 32.3 Å². The number of nitrogens with one attached hydrogen (secondary N) is 2. The highest BCUT2D eigenvalue weighted by Gasteiger charge is 2.05. The number of rotatable bonds is 13. The predicted molar refractivity (Wildman–Crippen MR) is 132 cm³/mol. The Morgan fingerprint density at radius 3 is 2.00 bits per heavy atom. The molecule has 2 N–H and O–H groups in total. The van der Waals surface area contributed by atoms with Crippen LogP contribution in [0.25, 0.3) is 0 Å². The van der Waals surface area contributed by atoms with Crippen molar-refractivity contribution < 1.29 is 19.0 Å². The first-order chi connectivity index (χ1) is 16.1. The molecule has 0 aliphatic carbocycles. The number of para-hydroxylation sites is 1. The van der Waals surface area contributed by atoms with Gasteiger partial charge in [-0.2, -0.15) is 0 Å². The molecule has 174 valence electrons. The zero-order chi connectivity index (χ0) is 23.3. The Bertz CT molecular complexity index is 992. The molecule has 0 aromatic heterocycles. The molecular weight excluding hydrogens is 416 g/mol. The monoisotopic (exact) mass is 448 g/mol. The lowest BCUT2D eigenvalue weighted by molar-refractivity contribution is -0.114. The van der Waals surface area contributed by atoms with Crippen molar-refractivity contribution in [3.8, 4) is 17.2 Å². The molecule has 33 heavy (non-hydrogen) atoms. The van der Waals surface area contributed by atoms with Gasteiger partial charge in [0.05, 0.1) is 13.2 Å². The maximum atomic E-state index is 12.4. The molecule has 0 saturated heterocycles. The molecule has 0 bridgehead atoms. The lowest BCUT2D eigenvalue weighted by Crippen LogP contribution is -2.21. The SMILES string of the molecule is CC(C)CCOc1cccc(NCC(=O)Nc2cccc(OCCOc3ccccc3)c2)c1. The van der Waals surface area contributed by atoms with Crippen molar-refractivity contribution in [2.24, 2.45) is 5.92 Å². The Morgan fingerprint density at radius 1 is 0.727 bits per heavy atom. The number of carbonyl (C=O) groups excluding carboxylic acids is 1. The van der Waals surface area contributed by atoms with Gasteiger partial charge in [-0.25, -0.2) is 0 Å². The fourth-order valence-corrected chi connectivity index (χ4v) is 3.00. The molecule has 6 heteroatoms. The van der Waals surface area contributed by atoms with Crippen molar-refractivity contribution >= 4 is 17.3 Å². The van der Waals surface area contributed by atoms with Gasteiger partial charge in [0.1, 0.15) is 30.5 Å². The van der Waals surface area contributed by atoms with Crippen molar-refractivity contribution in [3.05, 3.63) is 78.9 Å². The van der Waals surface area contributed by atoms with Crippen LogP contribution in [-0.2, 0) is 4.79 Å². The van der Waals surface area contributed by atoms with Gasteiger partial charge in [-0.05, 0) is 48.7 Å². The standard InChI is InChI=1S/C27H32N2O4/c1-21(2)14-15-31-25-12-6-8-22(18-25)28-20-27(30)29-23-9-7-13-26(19-23)33-17-16-32-24-10-4-3-5-11-24/h3-13,18-19,21,28H,14-17,20H2,1-2H3,(H,29,30). The van der Waals surface area contributed by atoms with E-state index in [9.17, 15) is 4.79 Å². The summed E-state index contributed by atoms with van der Waals surface area (Å²) in [4.78, 5) is 12.4. The molecule has 3 rings (SSSR count). The number of anilines is 2. The van der Waals surface area contributed by atoms with Crippen molar-refractivity contribution in [3.63, 3.8) is 0 Å². The first kappa shape index (κ1) is 24.0. The smallest absolute Gasteiger partial charge is 0.243 e. The molecular formula is C27H32N2O4. The first-order valence-electron chi connectivity index (χ1n) is 11.3. The Kier molecular flexibility index (Phi) is 9.45. The number of hydrogen-bond donors (Lipinski definition) is 2. The quantitative estimate of drug-likeness (QED) is 0.332. The van der Waals surface area contributed by atoms with Crippen molar-refractivity contribution in [1.82, 2.24) is 0 Å². The molecule has 0 unspecified atom stereocenters. The average molecular weight is 449 g/mol. The second kappa shape index (κ2) is 13.0. The summed E-state index contributed by atoms with van der Waals surface area (Å²) in [6.45, 7) is 6.00. The summed E-state index contributed by atoms with van der Waals surface area (Å²) in [7, 11) is 0. The van der Waals surface area contributed by atoms with Crippen LogP contribution in [0, 0.1) is 5.92 Å². The van der Waals surface area contributed by atoms with Crippen molar-refractivity contribution in [1.29, 1.82) is 0 Å². The number of hydrogen-bond acceptors (Lipinski definition) is 5. The third-order valence-electron chi connectivity index (χ3n) is 4.73. The van der Waals surface area contributed by atoms with Crippen LogP contribution in [0.2, 0.25) is 0 Å². The van der Waals surface area contributed by atoms with Gasteiger partial charge in [-0.3, -0.25) is 4.79 Å². The van der Waals surface area contributed by atoms with Gasteiger partial charge in [-0.1, -0.05) is 44.2 Å². The number of carbonyl (C=O) groups is 1. The van der Waals surface area contributed by atoms with E-state index in [1.54, 1.807) is 6.07 Å². The van der Waals surface area contributed by atoms with Gasteiger partial charge in [0.2, 0.25) is 5.91 Å². The number of ether oxygens (including phenoxy) is 3. The summed E-state index contributed by atoms with van der Waals surface area (Å²) in [5, 5.41) is 6.02. The van der Waals surface area contributed by atoms with Gasteiger partial charge in [0.25, 0.3) is 0 Å². The van der Waals surface area contributed by atoms with Crippen LogP contribution in [0.1, 0.15) is 20.3 Å². The molecule has 0 heterocycles. The minimum atomic E-state index is -0.148. The Hall–Kier alpha value is -3.67. The van der Waals surface area contributed by atoms with Gasteiger partial charge in [0, 0.05) is 23.5 Å². The predicted octanol–water partition coefficient (Wildman–Crippen LogP) is 5.62. The molecule has 0 spiro atoms. The van der Waals surface area contributed by atoms with Gasteiger partial charge in [0.15, 0.2) is 0 Å². The van der Waals surface area contributed by atoms with E-state index in [2.05, 4.69) is 24.5 Å². The van der Waals surface area contributed by atoms with Crippen LogP contribution >= 0.6 is 0 Å². The average Bonchev–Trinajstić information content (AvgIpc) is 2.82. The normalized spacial score (nSPS) is 10.5. The fraction of sp³-hybridized carbons (Fsp3) is 0.296. The highest BCUT2D eigenvalue weighted by Crippen LogP contribution is 2.19. The van der Waals surface area contributed by atoms with Crippen molar-refractivity contribution in [2.75, 3.05) is 37.0 Å². The maximum Gasteiger partial charge on any atom is 0.243 e. The first-order valence-corrected chi connectivity index (χ1v) is 11.3. The zero-order valence-electron chi connectivity index (χ0n) is 19.3. The number of benzene rings is 3. The van der Waals surface area contributed by atoms with Crippen LogP contribution in [0.4, 0.5) is 11.4 Å². The summed E-state index contributed by atoms with van der Waals surface area (Å²) in [5.74, 6) is 2.72. The van der Waals surface area contributed by atoms with Gasteiger partial charge in [-0.15, -0.1) is 0 Å². The van der Waals surface area contributed by atoms with E-state index in [1.165, 1.54) is 0 Å². The second-order valence-electron chi connectivity index (χ2n) is 8.00. The van der Waals surface area contributed by atoms with Crippen molar-refractivity contribution in [2.45, 2.75) is 20.3 Å².